The van der Waals surface area contributed by atoms with E-state index in [2.05, 4.69) is 4.98 Å². The fourth-order valence-corrected chi connectivity index (χ4v) is 2.85. The lowest BCUT2D eigenvalue weighted by Gasteiger charge is -2.22. The average molecular weight is 369 g/mol. The zero-order chi connectivity index (χ0) is 18.1. The van der Waals surface area contributed by atoms with Gasteiger partial charge in [0, 0.05) is 20.9 Å². The molecule has 1 heterocycles. The molecule has 0 aromatic carbocycles. The summed E-state index contributed by atoms with van der Waals surface area (Å²) in [5.74, 6) is -0.0646. The highest BCUT2D eigenvalue weighted by atomic mass is 32.1. The number of nitrogens with zero attached hydrogens (tertiary/aromatic N) is 1. The van der Waals surface area contributed by atoms with Gasteiger partial charge >= 0.3 is 6.18 Å². The third-order valence-corrected chi connectivity index (χ3v) is 3.53. The van der Waals surface area contributed by atoms with Gasteiger partial charge in [-0.1, -0.05) is 38.3 Å². The summed E-state index contributed by atoms with van der Waals surface area (Å²) in [5.41, 5.74) is -2.57. The third kappa shape index (κ3) is 4.50. The van der Waals surface area contributed by atoms with Crippen LogP contribution in [0.4, 0.5) is 22.0 Å². The topological polar surface area (TPSA) is 12.9 Å². The molecule has 0 bridgehead atoms. The second-order valence-electron chi connectivity index (χ2n) is 5.58. The summed E-state index contributed by atoms with van der Waals surface area (Å²) in [6.07, 6.45) is -7.88. The van der Waals surface area contributed by atoms with Crippen LogP contribution in [0.15, 0.2) is 0 Å². The minimum Gasteiger partial charge on any atom is -0.241 e. The zero-order valence-electron chi connectivity index (χ0n) is 13.0. The van der Waals surface area contributed by atoms with Crippen LogP contribution in [0.25, 0.3) is 0 Å². The van der Waals surface area contributed by atoms with Gasteiger partial charge in [0.15, 0.2) is 5.69 Å². The molecule has 128 valence electrons. The van der Waals surface area contributed by atoms with Gasteiger partial charge in [-0.15, -0.1) is 0 Å². The zero-order valence-corrected chi connectivity index (χ0v) is 14.6. The van der Waals surface area contributed by atoms with E-state index in [9.17, 15) is 22.0 Å². The van der Waals surface area contributed by atoms with Gasteiger partial charge in [-0.25, -0.2) is 13.8 Å². The Morgan fingerprint density at radius 1 is 1.04 bits per heavy atom. The van der Waals surface area contributed by atoms with Gasteiger partial charge in [-0.2, -0.15) is 13.2 Å². The van der Waals surface area contributed by atoms with Gasteiger partial charge in [-0.05, 0) is 31.7 Å². The highest BCUT2D eigenvalue weighted by Crippen LogP contribution is 2.38. The molecule has 0 N–H and O–H groups in total. The maximum absolute atomic E-state index is 13.3. The lowest BCUT2D eigenvalue weighted by Crippen LogP contribution is -2.22. The summed E-state index contributed by atoms with van der Waals surface area (Å²) in [4.78, 5) is 3.24. The van der Waals surface area contributed by atoms with Crippen molar-refractivity contribution in [1.82, 2.24) is 4.98 Å². The Hall–Kier alpha value is -1.02. The Morgan fingerprint density at radius 2 is 1.52 bits per heavy atom. The molecule has 0 saturated carbocycles. The molecule has 8 heteroatoms. The van der Waals surface area contributed by atoms with Crippen molar-refractivity contribution in [2.45, 2.75) is 46.7 Å². The maximum Gasteiger partial charge on any atom is 0.434 e. The molecule has 1 aromatic rings. The Labute approximate surface area is 142 Å². The van der Waals surface area contributed by atoms with Crippen molar-refractivity contribution in [3.05, 3.63) is 28.1 Å². The van der Waals surface area contributed by atoms with Crippen molar-refractivity contribution >= 4 is 34.2 Å². The Bertz CT molecular complexity index is 636. The van der Waals surface area contributed by atoms with Gasteiger partial charge in [-0.3, -0.25) is 0 Å². The van der Waals surface area contributed by atoms with Gasteiger partial charge in [0.2, 0.25) is 0 Å². The largest absolute Gasteiger partial charge is 0.434 e. The monoisotopic (exact) mass is 369 g/mol. The second-order valence-corrected chi connectivity index (χ2v) is 6.81. The smallest absolute Gasteiger partial charge is 0.241 e. The van der Waals surface area contributed by atoms with Crippen molar-refractivity contribution < 1.29 is 22.0 Å². The van der Waals surface area contributed by atoms with Crippen molar-refractivity contribution in [3.8, 4) is 0 Å². The number of hydrogen-bond acceptors (Lipinski definition) is 3. The molecule has 0 saturated heterocycles. The van der Waals surface area contributed by atoms with E-state index in [4.69, 9.17) is 24.4 Å². The van der Waals surface area contributed by atoms with E-state index in [-0.39, 0.29) is 38.8 Å². The molecule has 1 nitrogen and oxygen atoms in total. The fourth-order valence-electron chi connectivity index (χ4n) is 2.40. The Kier molecular flexibility index (Phi) is 6.32. The van der Waals surface area contributed by atoms with Crippen LogP contribution >= 0.6 is 24.4 Å². The van der Waals surface area contributed by atoms with E-state index < -0.39 is 24.0 Å². The molecule has 0 fully saturated rings. The molecule has 23 heavy (non-hydrogen) atoms. The first-order chi connectivity index (χ1) is 10.4. The Morgan fingerprint density at radius 3 is 1.83 bits per heavy atom. The van der Waals surface area contributed by atoms with Crippen molar-refractivity contribution in [3.63, 3.8) is 0 Å². The number of rotatable bonds is 5. The van der Waals surface area contributed by atoms with Gasteiger partial charge in [0.25, 0.3) is 6.43 Å². The first kappa shape index (κ1) is 20.0. The van der Waals surface area contributed by atoms with Crippen molar-refractivity contribution in [2.24, 2.45) is 5.92 Å². The lowest BCUT2D eigenvalue weighted by atomic mass is 9.88. The van der Waals surface area contributed by atoms with Crippen LogP contribution in [0.1, 0.15) is 62.2 Å². The molecule has 0 aliphatic carbocycles. The van der Waals surface area contributed by atoms with E-state index in [0.29, 0.717) is 0 Å². The molecule has 0 unspecified atom stereocenters. The minimum absolute atomic E-state index is 0.0428. The van der Waals surface area contributed by atoms with E-state index in [1.54, 1.807) is 13.8 Å². The molecule has 0 radical (unpaired) electrons. The number of hydrogen-bond donors (Lipinski definition) is 0. The molecule has 0 atom stereocenters. The number of pyridine rings is 1. The van der Waals surface area contributed by atoms with E-state index in [0.717, 1.165) is 0 Å². The van der Waals surface area contributed by atoms with Gasteiger partial charge in [0.1, 0.15) is 5.69 Å². The standard InChI is InChI=1S/C15H16F5NS2/c1-6(2)5-9-10(7(3)22)12(14(16)17)21-13(15(18,19)20)11(9)8(4)23/h6,14H,5H2,1-4H3. The van der Waals surface area contributed by atoms with Crippen LogP contribution in [0.3, 0.4) is 0 Å². The molecular weight excluding hydrogens is 353 g/mol. The van der Waals surface area contributed by atoms with Crippen LogP contribution in [0.5, 0.6) is 0 Å². The van der Waals surface area contributed by atoms with Crippen LogP contribution in [0, 0.1) is 5.92 Å². The molecule has 0 spiro atoms. The molecule has 1 aromatic heterocycles. The number of aromatic nitrogens is 1. The van der Waals surface area contributed by atoms with E-state index in [1.165, 1.54) is 13.8 Å². The summed E-state index contributed by atoms with van der Waals surface area (Å²) < 4.78 is 66.5. The second kappa shape index (κ2) is 7.25. The molecule has 0 aliphatic heterocycles. The highest BCUT2D eigenvalue weighted by molar-refractivity contribution is 7.81. The van der Waals surface area contributed by atoms with Crippen LogP contribution < -0.4 is 0 Å². The first-order valence-corrected chi connectivity index (χ1v) is 7.63. The van der Waals surface area contributed by atoms with Gasteiger partial charge in [0.05, 0.1) is 0 Å². The molecule has 0 amide bonds. The fraction of sp³-hybridized carbons (Fsp3) is 0.533. The predicted molar refractivity (Wildman–Crippen MR) is 87.5 cm³/mol. The lowest BCUT2D eigenvalue weighted by molar-refractivity contribution is -0.141. The third-order valence-electron chi connectivity index (χ3n) is 3.12. The van der Waals surface area contributed by atoms with E-state index >= 15 is 0 Å². The predicted octanol–water partition coefficient (Wildman–Crippen LogP) is 5.71. The summed E-state index contributed by atoms with van der Waals surface area (Å²) in [7, 11) is 0. The van der Waals surface area contributed by atoms with Gasteiger partial charge < -0.3 is 0 Å². The van der Waals surface area contributed by atoms with Crippen molar-refractivity contribution in [1.29, 1.82) is 0 Å². The normalized spacial score (nSPS) is 12.1. The summed E-state index contributed by atoms with van der Waals surface area (Å²) >= 11 is 9.94. The number of halogens is 5. The maximum atomic E-state index is 13.3. The SMILES string of the molecule is CC(=S)c1c(C(F)F)nc(C(F)(F)F)c(C(C)=S)c1CC(C)C. The highest BCUT2D eigenvalue weighted by Gasteiger charge is 2.40. The van der Waals surface area contributed by atoms with Crippen molar-refractivity contribution in [2.75, 3.05) is 0 Å². The van der Waals surface area contributed by atoms with Crippen LogP contribution in [-0.2, 0) is 12.6 Å². The Balaban J connectivity index is 4.00. The molecule has 1 rings (SSSR count). The summed E-state index contributed by atoms with van der Waals surface area (Å²) in [6, 6.07) is 0. The molecule has 0 aliphatic rings. The van der Waals surface area contributed by atoms with Crippen LogP contribution in [0.2, 0.25) is 0 Å². The quantitative estimate of drug-likeness (QED) is 0.375. The number of thiocarbonyl (C=S) groups is 2. The van der Waals surface area contributed by atoms with E-state index in [1.807, 2.05) is 0 Å². The summed E-state index contributed by atoms with van der Waals surface area (Å²) in [6.45, 7) is 6.29. The van der Waals surface area contributed by atoms with Crippen LogP contribution in [-0.4, -0.2) is 14.7 Å². The first-order valence-electron chi connectivity index (χ1n) is 6.81. The minimum atomic E-state index is -4.88. The summed E-state index contributed by atoms with van der Waals surface area (Å²) in [5, 5.41) is 0. The molecular formula is C15H16F5NS2. The number of alkyl halides is 5. The average Bonchev–Trinajstić information content (AvgIpc) is 2.34.